The molecule has 0 fully saturated rings. The molecule has 0 amide bonds. The second kappa shape index (κ2) is 5.14. The Morgan fingerprint density at radius 1 is 1.50 bits per heavy atom. The molecule has 0 bridgehead atoms. The van der Waals surface area contributed by atoms with E-state index in [4.69, 9.17) is 10.00 Å². The van der Waals surface area contributed by atoms with Gasteiger partial charge in [-0.1, -0.05) is 6.07 Å². The average Bonchev–Trinajstić information content (AvgIpc) is 2.35. The van der Waals surface area contributed by atoms with Crippen molar-refractivity contribution in [1.29, 1.82) is 5.26 Å². The first-order valence-electron chi connectivity index (χ1n) is 4.48. The molecule has 1 aromatic rings. The van der Waals surface area contributed by atoms with Gasteiger partial charge in [0.2, 0.25) is 0 Å². The highest BCUT2D eigenvalue weighted by Gasteiger charge is 2.16. The number of ether oxygens (including phenoxy) is 2. The Morgan fingerprint density at radius 2 is 2.19 bits per heavy atom. The summed E-state index contributed by atoms with van der Waals surface area (Å²) in [6.45, 7) is 0. The highest BCUT2D eigenvalue weighted by molar-refractivity contribution is 5.92. The van der Waals surface area contributed by atoms with Crippen molar-refractivity contribution >= 4 is 5.97 Å². The van der Waals surface area contributed by atoms with Crippen LogP contribution in [-0.2, 0) is 4.74 Å². The van der Waals surface area contributed by atoms with Crippen molar-refractivity contribution in [3.8, 4) is 11.8 Å². The minimum absolute atomic E-state index is 0.178. The molecule has 0 aliphatic heterocycles. The van der Waals surface area contributed by atoms with E-state index in [1.54, 1.807) is 6.07 Å². The molecule has 1 aromatic carbocycles. The van der Waals surface area contributed by atoms with Gasteiger partial charge < -0.3 is 14.6 Å². The van der Waals surface area contributed by atoms with E-state index in [0.717, 1.165) is 0 Å². The third kappa shape index (κ3) is 2.30. The molecule has 0 saturated carbocycles. The molecule has 1 unspecified atom stereocenters. The van der Waals surface area contributed by atoms with Gasteiger partial charge in [0, 0.05) is 0 Å². The first-order chi connectivity index (χ1) is 7.63. The van der Waals surface area contributed by atoms with Gasteiger partial charge in [-0.3, -0.25) is 0 Å². The lowest BCUT2D eigenvalue weighted by atomic mass is 10.1. The van der Waals surface area contributed by atoms with E-state index in [-0.39, 0.29) is 5.56 Å². The monoisotopic (exact) mass is 221 g/mol. The van der Waals surface area contributed by atoms with Crippen molar-refractivity contribution in [1.82, 2.24) is 0 Å². The Balaban J connectivity index is 3.22. The third-order valence-corrected chi connectivity index (χ3v) is 2.07. The van der Waals surface area contributed by atoms with Crippen molar-refractivity contribution in [2.45, 2.75) is 6.10 Å². The molecule has 0 aliphatic carbocycles. The molecule has 1 atom stereocenters. The van der Waals surface area contributed by atoms with E-state index in [1.165, 1.54) is 32.4 Å². The molecule has 84 valence electrons. The molecule has 0 heterocycles. The van der Waals surface area contributed by atoms with Gasteiger partial charge in [0.05, 0.1) is 20.3 Å². The van der Waals surface area contributed by atoms with Crippen LogP contribution in [0.2, 0.25) is 0 Å². The molecule has 1 rings (SSSR count). The molecule has 0 spiro atoms. The summed E-state index contributed by atoms with van der Waals surface area (Å²) in [6.07, 6.45) is -1.27. The maximum atomic E-state index is 11.4. The Kier molecular flexibility index (Phi) is 3.86. The minimum Gasteiger partial charge on any atom is -0.496 e. The van der Waals surface area contributed by atoms with Crippen LogP contribution in [-0.4, -0.2) is 25.3 Å². The number of aliphatic hydroxyl groups is 1. The van der Waals surface area contributed by atoms with Crippen molar-refractivity contribution in [3.63, 3.8) is 0 Å². The average molecular weight is 221 g/mol. The standard InChI is InChI=1S/C11H11NO4/c1-15-10-4-3-7(9(13)6-12)5-8(10)11(14)16-2/h3-5,9,13H,1-2H3. The summed E-state index contributed by atoms with van der Waals surface area (Å²) in [4.78, 5) is 11.4. The van der Waals surface area contributed by atoms with Gasteiger partial charge >= 0.3 is 5.97 Å². The van der Waals surface area contributed by atoms with Crippen LogP contribution in [0, 0.1) is 11.3 Å². The number of benzene rings is 1. The van der Waals surface area contributed by atoms with Crippen LogP contribution in [0.3, 0.4) is 0 Å². The van der Waals surface area contributed by atoms with E-state index in [0.29, 0.717) is 11.3 Å². The molecule has 0 aromatic heterocycles. The fraction of sp³-hybridized carbons (Fsp3) is 0.273. The van der Waals surface area contributed by atoms with Crippen molar-refractivity contribution < 1.29 is 19.4 Å². The van der Waals surface area contributed by atoms with Crippen molar-refractivity contribution in [2.75, 3.05) is 14.2 Å². The predicted octanol–water partition coefficient (Wildman–Crippen LogP) is 1.04. The van der Waals surface area contributed by atoms with Crippen LogP contribution in [0.15, 0.2) is 18.2 Å². The number of hydrogen-bond acceptors (Lipinski definition) is 5. The number of methoxy groups -OCH3 is 2. The number of carbonyl (C=O) groups is 1. The second-order valence-corrected chi connectivity index (χ2v) is 2.98. The number of nitriles is 1. The lowest BCUT2D eigenvalue weighted by Gasteiger charge is -2.09. The second-order valence-electron chi connectivity index (χ2n) is 2.98. The number of esters is 1. The molecule has 5 heteroatoms. The minimum atomic E-state index is -1.27. The van der Waals surface area contributed by atoms with Gasteiger partial charge in [-0.25, -0.2) is 4.79 Å². The first kappa shape index (κ1) is 12.0. The van der Waals surface area contributed by atoms with Gasteiger partial charge in [-0.05, 0) is 17.7 Å². The van der Waals surface area contributed by atoms with E-state index >= 15 is 0 Å². The zero-order valence-corrected chi connectivity index (χ0v) is 8.93. The van der Waals surface area contributed by atoms with Gasteiger partial charge in [0.1, 0.15) is 11.3 Å². The molecule has 0 aliphatic rings. The van der Waals surface area contributed by atoms with Gasteiger partial charge in [0.15, 0.2) is 6.10 Å². The summed E-state index contributed by atoms with van der Waals surface area (Å²) in [5, 5.41) is 17.9. The molecule has 0 saturated heterocycles. The number of hydrogen-bond donors (Lipinski definition) is 1. The summed E-state index contributed by atoms with van der Waals surface area (Å²) >= 11 is 0. The normalized spacial score (nSPS) is 11.4. The third-order valence-electron chi connectivity index (χ3n) is 2.07. The summed E-state index contributed by atoms with van der Waals surface area (Å²) in [5.41, 5.74) is 0.500. The Labute approximate surface area is 92.8 Å². The van der Waals surface area contributed by atoms with E-state index in [1.807, 2.05) is 0 Å². The molecular weight excluding hydrogens is 210 g/mol. The Morgan fingerprint density at radius 3 is 2.69 bits per heavy atom. The lowest BCUT2D eigenvalue weighted by Crippen LogP contribution is -2.06. The van der Waals surface area contributed by atoms with Crippen LogP contribution in [0.5, 0.6) is 5.75 Å². The van der Waals surface area contributed by atoms with Crippen LogP contribution >= 0.6 is 0 Å². The van der Waals surface area contributed by atoms with Crippen molar-refractivity contribution in [2.24, 2.45) is 0 Å². The van der Waals surface area contributed by atoms with Crippen LogP contribution in [0.4, 0.5) is 0 Å². The summed E-state index contributed by atoms with van der Waals surface area (Å²) in [5.74, 6) is -0.246. The van der Waals surface area contributed by atoms with Crippen LogP contribution in [0.25, 0.3) is 0 Å². The zero-order chi connectivity index (χ0) is 12.1. The van der Waals surface area contributed by atoms with Gasteiger partial charge in [-0.2, -0.15) is 5.26 Å². The Bertz CT molecular complexity index is 436. The molecule has 0 radical (unpaired) electrons. The maximum absolute atomic E-state index is 11.4. The predicted molar refractivity (Wildman–Crippen MR) is 54.9 cm³/mol. The first-order valence-corrected chi connectivity index (χ1v) is 4.48. The van der Waals surface area contributed by atoms with Crippen LogP contribution in [0.1, 0.15) is 22.0 Å². The zero-order valence-electron chi connectivity index (χ0n) is 8.93. The summed E-state index contributed by atoms with van der Waals surface area (Å²) < 4.78 is 9.53. The van der Waals surface area contributed by atoms with Crippen LogP contribution < -0.4 is 4.74 Å². The fourth-order valence-electron chi connectivity index (χ4n) is 1.24. The summed E-state index contributed by atoms with van der Waals surface area (Å²) in [6, 6.07) is 6.05. The number of carbonyl (C=O) groups excluding carboxylic acids is 1. The fourth-order valence-corrected chi connectivity index (χ4v) is 1.24. The smallest absolute Gasteiger partial charge is 0.341 e. The SMILES string of the molecule is COC(=O)c1cc(C(O)C#N)ccc1OC. The van der Waals surface area contributed by atoms with E-state index in [9.17, 15) is 9.90 Å². The maximum Gasteiger partial charge on any atom is 0.341 e. The summed E-state index contributed by atoms with van der Waals surface area (Å²) in [7, 11) is 2.66. The van der Waals surface area contributed by atoms with E-state index in [2.05, 4.69) is 4.74 Å². The molecule has 1 N–H and O–H groups in total. The Hall–Kier alpha value is -2.06. The molecular formula is C11H11NO4. The lowest BCUT2D eigenvalue weighted by molar-refractivity contribution is 0.0597. The van der Waals surface area contributed by atoms with E-state index < -0.39 is 12.1 Å². The number of rotatable bonds is 3. The highest BCUT2D eigenvalue weighted by Crippen LogP contribution is 2.23. The highest BCUT2D eigenvalue weighted by atomic mass is 16.5. The quantitative estimate of drug-likeness (QED) is 0.609. The van der Waals surface area contributed by atoms with Crippen molar-refractivity contribution in [3.05, 3.63) is 29.3 Å². The molecule has 5 nitrogen and oxygen atoms in total. The van der Waals surface area contributed by atoms with Gasteiger partial charge in [-0.15, -0.1) is 0 Å². The number of aliphatic hydroxyl groups excluding tert-OH is 1. The number of nitrogens with zero attached hydrogens (tertiary/aromatic N) is 1. The topological polar surface area (TPSA) is 79.5 Å². The van der Waals surface area contributed by atoms with Gasteiger partial charge in [0.25, 0.3) is 0 Å². The molecule has 16 heavy (non-hydrogen) atoms. The largest absolute Gasteiger partial charge is 0.496 e.